The first-order valence-corrected chi connectivity index (χ1v) is 10.1. The minimum absolute atomic E-state index is 0.380. The van der Waals surface area contributed by atoms with Gasteiger partial charge in [0.15, 0.2) is 0 Å². The predicted octanol–water partition coefficient (Wildman–Crippen LogP) is 3.56. The standard InChI is InChI=1S/C24H27N3O2/c1-18-22(24(25)28)17-23(27(18)12-11-26-13-15-29-16-14-26)21-9-7-20(8-10-21)19-5-3-2-4-6-19/h2-10,17H,11-16H2,1H3,(H2,25,28). The minimum atomic E-state index is -0.380. The van der Waals surface area contributed by atoms with E-state index < -0.39 is 0 Å². The Bertz CT molecular complexity index is 971. The maximum Gasteiger partial charge on any atom is 0.250 e. The normalized spacial score (nSPS) is 14.8. The molecular formula is C24H27N3O2. The van der Waals surface area contributed by atoms with Crippen LogP contribution < -0.4 is 5.73 Å². The second kappa shape index (κ2) is 8.64. The number of aromatic nitrogens is 1. The summed E-state index contributed by atoms with van der Waals surface area (Å²) in [5.74, 6) is -0.380. The Morgan fingerprint density at radius 1 is 0.931 bits per heavy atom. The van der Waals surface area contributed by atoms with Crippen LogP contribution in [0.3, 0.4) is 0 Å². The smallest absolute Gasteiger partial charge is 0.250 e. The van der Waals surface area contributed by atoms with Crippen molar-refractivity contribution < 1.29 is 9.53 Å². The van der Waals surface area contributed by atoms with Crippen molar-refractivity contribution in [2.24, 2.45) is 5.73 Å². The lowest BCUT2D eigenvalue weighted by Gasteiger charge is -2.27. The first-order valence-electron chi connectivity index (χ1n) is 10.1. The van der Waals surface area contributed by atoms with Gasteiger partial charge in [-0.25, -0.2) is 0 Å². The van der Waals surface area contributed by atoms with E-state index in [1.165, 1.54) is 11.1 Å². The summed E-state index contributed by atoms with van der Waals surface area (Å²) in [5.41, 5.74) is 11.6. The third-order valence-corrected chi connectivity index (χ3v) is 5.66. The van der Waals surface area contributed by atoms with Crippen molar-refractivity contribution in [3.8, 4) is 22.4 Å². The molecule has 0 aliphatic carbocycles. The average Bonchev–Trinajstić information content (AvgIpc) is 3.10. The number of primary amides is 1. The first-order chi connectivity index (χ1) is 14.1. The summed E-state index contributed by atoms with van der Waals surface area (Å²) in [4.78, 5) is 14.3. The number of morpholine rings is 1. The third-order valence-electron chi connectivity index (χ3n) is 5.66. The lowest BCUT2D eigenvalue weighted by atomic mass is 10.0. The number of benzene rings is 2. The molecule has 1 aromatic heterocycles. The molecule has 2 aromatic carbocycles. The highest BCUT2D eigenvalue weighted by Gasteiger charge is 2.18. The van der Waals surface area contributed by atoms with Gasteiger partial charge in [-0.3, -0.25) is 9.69 Å². The zero-order valence-electron chi connectivity index (χ0n) is 16.8. The van der Waals surface area contributed by atoms with Gasteiger partial charge in [0.05, 0.1) is 18.8 Å². The fourth-order valence-corrected chi connectivity index (χ4v) is 3.95. The van der Waals surface area contributed by atoms with Gasteiger partial charge in [0.1, 0.15) is 0 Å². The van der Waals surface area contributed by atoms with Gasteiger partial charge in [-0.2, -0.15) is 0 Å². The lowest BCUT2D eigenvalue weighted by molar-refractivity contribution is 0.0364. The number of nitrogens with two attached hydrogens (primary N) is 1. The van der Waals surface area contributed by atoms with Gasteiger partial charge in [0.25, 0.3) is 5.91 Å². The van der Waals surface area contributed by atoms with Crippen molar-refractivity contribution in [3.05, 3.63) is 71.9 Å². The zero-order valence-corrected chi connectivity index (χ0v) is 16.8. The first kappa shape index (κ1) is 19.4. The summed E-state index contributed by atoms with van der Waals surface area (Å²) in [6.45, 7) is 7.17. The van der Waals surface area contributed by atoms with E-state index in [9.17, 15) is 4.79 Å². The van der Waals surface area contributed by atoms with Crippen LogP contribution >= 0.6 is 0 Å². The van der Waals surface area contributed by atoms with E-state index in [4.69, 9.17) is 10.5 Å². The highest BCUT2D eigenvalue weighted by Crippen LogP contribution is 2.28. The van der Waals surface area contributed by atoms with Gasteiger partial charge in [-0.15, -0.1) is 0 Å². The summed E-state index contributed by atoms with van der Waals surface area (Å²) in [5, 5.41) is 0. The lowest BCUT2D eigenvalue weighted by Crippen LogP contribution is -2.38. The molecule has 5 heteroatoms. The zero-order chi connectivity index (χ0) is 20.2. The second-order valence-corrected chi connectivity index (χ2v) is 7.44. The summed E-state index contributed by atoms with van der Waals surface area (Å²) in [6.07, 6.45) is 0. The Labute approximate surface area is 171 Å². The predicted molar refractivity (Wildman–Crippen MR) is 116 cm³/mol. The van der Waals surface area contributed by atoms with Crippen molar-refractivity contribution in [1.82, 2.24) is 9.47 Å². The minimum Gasteiger partial charge on any atom is -0.379 e. The number of carbonyl (C=O) groups is 1. The Balaban J connectivity index is 1.63. The summed E-state index contributed by atoms with van der Waals surface area (Å²) in [6, 6.07) is 20.7. The Kier molecular flexibility index (Phi) is 5.79. The van der Waals surface area contributed by atoms with Crippen LogP contribution in [0.25, 0.3) is 22.4 Å². The number of nitrogens with zero attached hydrogens (tertiary/aromatic N) is 2. The fraction of sp³-hybridized carbons (Fsp3) is 0.292. The summed E-state index contributed by atoms with van der Waals surface area (Å²) >= 11 is 0. The van der Waals surface area contributed by atoms with Crippen molar-refractivity contribution in [2.45, 2.75) is 13.5 Å². The maximum absolute atomic E-state index is 11.9. The van der Waals surface area contributed by atoms with Crippen LogP contribution in [0.1, 0.15) is 16.1 Å². The second-order valence-electron chi connectivity index (χ2n) is 7.44. The molecule has 2 N–H and O–H groups in total. The van der Waals surface area contributed by atoms with Gasteiger partial charge < -0.3 is 15.0 Å². The van der Waals surface area contributed by atoms with Crippen LogP contribution in [0.5, 0.6) is 0 Å². The van der Waals surface area contributed by atoms with E-state index in [0.29, 0.717) is 5.56 Å². The summed E-state index contributed by atoms with van der Waals surface area (Å²) in [7, 11) is 0. The Hall–Kier alpha value is -2.89. The largest absolute Gasteiger partial charge is 0.379 e. The number of amides is 1. The van der Waals surface area contributed by atoms with E-state index in [0.717, 1.165) is 56.3 Å². The number of carbonyl (C=O) groups excluding carboxylic acids is 1. The molecule has 1 aliphatic rings. The molecule has 0 spiro atoms. The van der Waals surface area contributed by atoms with Crippen LogP contribution in [-0.2, 0) is 11.3 Å². The molecular weight excluding hydrogens is 362 g/mol. The number of hydrogen-bond donors (Lipinski definition) is 1. The molecule has 0 bridgehead atoms. The third kappa shape index (κ3) is 4.26. The van der Waals surface area contributed by atoms with E-state index in [2.05, 4.69) is 45.9 Å². The number of ether oxygens (including phenoxy) is 1. The quantitative estimate of drug-likeness (QED) is 0.701. The molecule has 0 atom stereocenters. The molecule has 3 aromatic rings. The molecule has 1 saturated heterocycles. The molecule has 1 fully saturated rings. The molecule has 0 saturated carbocycles. The topological polar surface area (TPSA) is 60.5 Å². The van der Waals surface area contributed by atoms with Gasteiger partial charge in [0.2, 0.25) is 0 Å². The number of hydrogen-bond acceptors (Lipinski definition) is 3. The van der Waals surface area contributed by atoms with E-state index in [1.54, 1.807) is 0 Å². The van der Waals surface area contributed by atoms with Crippen LogP contribution in [0.2, 0.25) is 0 Å². The molecule has 150 valence electrons. The monoisotopic (exact) mass is 389 g/mol. The number of rotatable bonds is 6. The highest BCUT2D eigenvalue weighted by molar-refractivity contribution is 5.95. The molecule has 29 heavy (non-hydrogen) atoms. The fourth-order valence-electron chi connectivity index (χ4n) is 3.95. The van der Waals surface area contributed by atoms with Crippen LogP contribution in [0.15, 0.2) is 60.7 Å². The van der Waals surface area contributed by atoms with E-state index in [-0.39, 0.29) is 5.91 Å². The van der Waals surface area contributed by atoms with Gasteiger partial charge >= 0.3 is 0 Å². The van der Waals surface area contributed by atoms with Crippen molar-refractivity contribution >= 4 is 5.91 Å². The molecule has 0 radical (unpaired) electrons. The maximum atomic E-state index is 11.9. The Morgan fingerprint density at radius 2 is 1.55 bits per heavy atom. The van der Waals surface area contributed by atoms with E-state index >= 15 is 0 Å². The van der Waals surface area contributed by atoms with Crippen molar-refractivity contribution in [3.63, 3.8) is 0 Å². The Morgan fingerprint density at radius 3 is 2.21 bits per heavy atom. The highest BCUT2D eigenvalue weighted by atomic mass is 16.5. The van der Waals surface area contributed by atoms with Crippen LogP contribution in [-0.4, -0.2) is 48.2 Å². The van der Waals surface area contributed by atoms with Gasteiger partial charge in [-0.1, -0.05) is 54.6 Å². The van der Waals surface area contributed by atoms with Crippen LogP contribution in [0, 0.1) is 6.92 Å². The SMILES string of the molecule is Cc1c(C(N)=O)cc(-c2ccc(-c3ccccc3)cc2)n1CCN1CCOCC1. The van der Waals surface area contributed by atoms with Crippen LogP contribution in [0.4, 0.5) is 0 Å². The molecule has 1 aliphatic heterocycles. The van der Waals surface area contributed by atoms with Crippen molar-refractivity contribution in [1.29, 1.82) is 0 Å². The molecule has 0 unspecified atom stereocenters. The van der Waals surface area contributed by atoms with Crippen molar-refractivity contribution in [2.75, 3.05) is 32.8 Å². The van der Waals surface area contributed by atoms with Gasteiger partial charge in [-0.05, 0) is 29.7 Å². The van der Waals surface area contributed by atoms with E-state index in [1.807, 2.05) is 31.2 Å². The molecule has 5 nitrogen and oxygen atoms in total. The molecule has 4 rings (SSSR count). The summed E-state index contributed by atoms with van der Waals surface area (Å²) < 4.78 is 7.66. The molecule has 1 amide bonds. The average molecular weight is 389 g/mol. The van der Waals surface area contributed by atoms with Gasteiger partial charge in [0, 0.05) is 37.6 Å². The molecule has 2 heterocycles.